The maximum Gasteiger partial charge on any atom is 0.319 e. The van der Waals surface area contributed by atoms with Crippen molar-refractivity contribution in [3.8, 4) is 23.0 Å². The largest absolute Gasteiger partial charge is 0.493 e. The van der Waals surface area contributed by atoms with Crippen molar-refractivity contribution in [3.05, 3.63) is 213 Å². The van der Waals surface area contributed by atoms with Crippen LogP contribution in [0.4, 0.5) is 31.0 Å². The van der Waals surface area contributed by atoms with Crippen LogP contribution in [-0.2, 0) is 0 Å². The van der Waals surface area contributed by atoms with E-state index in [1.165, 1.54) is 43.6 Å². The number of rotatable bonds is 23. The zero-order valence-corrected chi connectivity index (χ0v) is 55.9. The number of urea groups is 2. The van der Waals surface area contributed by atoms with Crippen molar-refractivity contribution in [2.75, 3.05) is 114 Å². The van der Waals surface area contributed by atoms with Crippen molar-refractivity contribution >= 4 is 79.7 Å². The summed E-state index contributed by atoms with van der Waals surface area (Å²) in [6.07, 6.45) is 1.26. The third kappa shape index (κ3) is 15.0. The molecule has 4 aliphatic rings. The van der Waals surface area contributed by atoms with E-state index in [1.54, 1.807) is 58.8 Å². The summed E-state index contributed by atoms with van der Waals surface area (Å²) in [4.78, 5) is 94.0. The Morgan fingerprint density at radius 2 is 0.842 bits per heavy atom. The second-order valence-corrected chi connectivity index (χ2v) is 25.4. The Morgan fingerprint density at radius 1 is 0.432 bits per heavy atom. The standard InChI is InChI=1S/C37H41N5O5S.C36H39N5O5S/c1-25(26-10-5-4-6-11-26)40-19-21-41(22-20-40)30-13-7-12-28-34(30)36(44)42(35(28)43)29(27-16-17-31(46-2)32(24-27)47-3)14-8-18-38-37(45)39-33-15-9-23-48-33;1-24(25-9-5-4-6-10-25)39-18-20-40(21-19-39)29-12-7-11-27-33(29)35(43)41(34(27)42)28(26-14-15-30(45-2)31(23-26)46-3)16-17-37-36(44)38-32-13-8-22-47-32/h4-7,9-13,15-17,23-25,29H,8,14,18-22H2,1-3H3,(H2,38,39,45);4-15,22-24,28H,16-21H2,1-3H3,(H2,37,38,44)/t25-,29?;24-,28?/m11/s1. The summed E-state index contributed by atoms with van der Waals surface area (Å²) in [6, 6.07) is 48.9. The van der Waals surface area contributed by atoms with Gasteiger partial charge in [0.15, 0.2) is 23.0 Å². The number of nitrogens with one attached hydrogen (secondary N) is 4. The van der Waals surface area contributed by atoms with Gasteiger partial charge in [0, 0.05) is 77.5 Å². The first-order valence-corrected chi connectivity index (χ1v) is 33.7. The predicted molar refractivity (Wildman–Crippen MR) is 372 cm³/mol. The first kappa shape index (κ1) is 66.7. The molecule has 8 aromatic rings. The lowest BCUT2D eigenvalue weighted by Crippen LogP contribution is -2.47. The Labute approximate surface area is 562 Å². The molecule has 6 aromatic carbocycles. The Kier molecular flexibility index (Phi) is 21.8. The molecule has 20 nitrogen and oxygen atoms in total. The fraction of sp³-hybridized carbons (Fsp3) is 0.315. The number of carbonyl (C=O) groups excluding carboxylic acids is 6. The Balaban J connectivity index is 0.000000193. The van der Waals surface area contributed by atoms with Crippen LogP contribution in [0.3, 0.4) is 0 Å². The number of anilines is 4. The van der Waals surface area contributed by atoms with Crippen LogP contribution in [-0.4, -0.2) is 149 Å². The highest BCUT2D eigenvalue weighted by Gasteiger charge is 2.45. The zero-order valence-electron chi connectivity index (χ0n) is 54.2. The molecular weight excluding hydrogens is 1240 g/mol. The molecule has 0 aliphatic carbocycles. The van der Waals surface area contributed by atoms with Gasteiger partial charge < -0.3 is 39.4 Å². The van der Waals surface area contributed by atoms with Gasteiger partial charge in [0.2, 0.25) is 0 Å². The summed E-state index contributed by atoms with van der Waals surface area (Å²) in [5, 5.41) is 16.6. The quantitative estimate of drug-likeness (QED) is 0.0347. The summed E-state index contributed by atoms with van der Waals surface area (Å²) < 4.78 is 22.0. The number of benzene rings is 6. The van der Waals surface area contributed by atoms with Gasteiger partial charge in [0.1, 0.15) is 0 Å². The molecule has 2 saturated heterocycles. The van der Waals surface area contributed by atoms with Gasteiger partial charge in [-0.25, -0.2) is 9.59 Å². The Hall–Kier alpha value is -9.74. The van der Waals surface area contributed by atoms with Crippen molar-refractivity contribution < 1.29 is 47.7 Å². The minimum absolute atomic E-state index is 0.220. The molecule has 494 valence electrons. The lowest BCUT2D eigenvalue weighted by Gasteiger charge is -2.39. The highest BCUT2D eigenvalue weighted by Crippen LogP contribution is 2.43. The molecular formula is C73H80N10O10S2. The van der Waals surface area contributed by atoms with E-state index >= 15 is 0 Å². The molecule has 8 amide bonds. The predicted octanol–water partition coefficient (Wildman–Crippen LogP) is 12.8. The zero-order chi connectivity index (χ0) is 66.5. The molecule has 0 saturated carbocycles. The Morgan fingerprint density at radius 3 is 1.24 bits per heavy atom. The Bertz CT molecular complexity index is 3970. The highest BCUT2D eigenvalue weighted by atomic mass is 32.1. The summed E-state index contributed by atoms with van der Waals surface area (Å²) in [5.41, 5.74) is 7.24. The third-order valence-electron chi connectivity index (χ3n) is 18.2. The maximum absolute atomic E-state index is 14.4. The molecule has 0 bridgehead atoms. The van der Waals surface area contributed by atoms with Crippen molar-refractivity contribution in [1.82, 2.24) is 30.2 Å². The van der Waals surface area contributed by atoms with Gasteiger partial charge in [-0.15, -0.1) is 22.7 Å². The smallest absolute Gasteiger partial charge is 0.319 e. The normalized spacial score (nSPS) is 16.0. The van der Waals surface area contributed by atoms with Crippen LogP contribution in [0.15, 0.2) is 168 Å². The number of carbonyl (C=O) groups is 6. The van der Waals surface area contributed by atoms with Crippen LogP contribution in [0, 0.1) is 0 Å². The number of fused-ring (bicyclic) bond motifs is 2. The number of imide groups is 2. The number of methoxy groups -OCH3 is 4. The second kappa shape index (κ2) is 31.0. The minimum atomic E-state index is -0.666. The fourth-order valence-electron chi connectivity index (χ4n) is 13.1. The molecule has 2 unspecified atom stereocenters. The van der Waals surface area contributed by atoms with E-state index in [-0.39, 0.29) is 54.3 Å². The molecule has 0 radical (unpaired) electrons. The number of hydrogen-bond donors (Lipinski definition) is 4. The minimum Gasteiger partial charge on any atom is -0.493 e. The van der Waals surface area contributed by atoms with Crippen LogP contribution in [0.5, 0.6) is 23.0 Å². The van der Waals surface area contributed by atoms with Crippen molar-refractivity contribution in [2.45, 2.75) is 57.3 Å². The van der Waals surface area contributed by atoms with Gasteiger partial charge in [0.05, 0.1) is 84.2 Å². The van der Waals surface area contributed by atoms with Crippen molar-refractivity contribution in [2.24, 2.45) is 0 Å². The number of piperazine rings is 2. The highest BCUT2D eigenvalue weighted by molar-refractivity contribution is 7.14. The monoisotopic (exact) mass is 1320 g/mol. The van der Waals surface area contributed by atoms with E-state index < -0.39 is 12.1 Å². The van der Waals surface area contributed by atoms with Gasteiger partial charge in [0.25, 0.3) is 23.6 Å². The van der Waals surface area contributed by atoms with E-state index in [0.717, 1.165) is 79.3 Å². The van der Waals surface area contributed by atoms with Gasteiger partial charge in [-0.1, -0.05) is 84.9 Å². The average Bonchev–Trinajstić information content (AvgIpc) is 1.61. The molecule has 4 N–H and O–H groups in total. The van der Waals surface area contributed by atoms with E-state index in [4.69, 9.17) is 18.9 Å². The lowest BCUT2D eigenvalue weighted by molar-refractivity contribution is 0.0558. The summed E-state index contributed by atoms with van der Waals surface area (Å²) in [6.45, 7) is 11.3. The SMILES string of the molecule is COc1ccc(C(CCCNC(=O)Nc2cccs2)N2C(=O)c3cccc(N4CCN([C@H](C)c5ccccc5)CC4)c3C2=O)cc1OC.COc1ccc(C(CCNC(=O)Nc2cccs2)N2C(=O)c3cccc(N4CCN([C@H](C)c5ccccc5)CC4)c3C2=O)cc1OC. The van der Waals surface area contributed by atoms with Crippen LogP contribution < -0.4 is 50.0 Å². The number of amides is 8. The molecule has 12 rings (SSSR count). The van der Waals surface area contributed by atoms with Gasteiger partial charge in [-0.05, 0) is 139 Å². The molecule has 4 atom stereocenters. The number of nitrogens with zero attached hydrogens (tertiary/aromatic N) is 6. The summed E-state index contributed by atoms with van der Waals surface area (Å²) >= 11 is 2.86. The summed E-state index contributed by atoms with van der Waals surface area (Å²) in [7, 11) is 6.22. The fourth-order valence-corrected chi connectivity index (χ4v) is 14.3. The molecule has 4 aliphatic heterocycles. The number of hydrogen-bond acceptors (Lipinski definition) is 16. The maximum atomic E-state index is 14.4. The van der Waals surface area contributed by atoms with Gasteiger partial charge >= 0.3 is 12.1 Å². The van der Waals surface area contributed by atoms with Gasteiger partial charge in [-0.3, -0.25) is 49.4 Å². The van der Waals surface area contributed by atoms with Crippen molar-refractivity contribution in [3.63, 3.8) is 0 Å². The second-order valence-electron chi connectivity index (χ2n) is 23.5. The molecule has 2 fully saturated rings. The van der Waals surface area contributed by atoms with E-state index in [2.05, 4.69) is 103 Å². The lowest BCUT2D eigenvalue weighted by atomic mass is 9.99. The first-order valence-electron chi connectivity index (χ1n) is 32.0. The van der Waals surface area contributed by atoms with Gasteiger partial charge in [-0.2, -0.15) is 0 Å². The van der Waals surface area contributed by atoms with E-state index in [0.29, 0.717) is 76.6 Å². The summed E-state index contributed by atoms with van der Waals surface area (Å²) in [5.74, 6) is 0.748. The van der Waals surface area contributed by atoms with E-state index in [9.17, 15) is 28.8 Å². The average molecular weight is 1320 g/mol. The van der Waals surface area contributed by atoms with Crippen molar-refractivity contribution in [1.29, 1.82) is 0 Å². The molecule has 95 heavy (non-hydrogen) atoms. The topological polar surface area (TPSA) is 207 Å². The molecule has 0 spiro atoms. The van der Waals surface area contributed by atoms with Crippen LogP contribution >= 0.6 is 22.7 Å². The number of thiophene rings is 2. The van der Waals surface area contributed by atoms with Crippen LogP contribution in [0.25, 0.3) is 0 Å². The molecule has 22 heteroatoms. The van der Waals surface area contributed by atoms with E-state index in [1.807, 2.05) is 89.6 Å². The molecule has 2 aromatic heterocycles. The third-order valence-corrected chi connectivity index (χ3v) is 19.8. The number of ether oxygens (including phenoxy) is 4. The van der Waals surface area contributed by atoms with Crippen LogP contribution in [0.2, 0.25) is 0 Å². The first-order chi connectivity index (χ1) is 46.3. The molecule has 6 heterocycles. The van der Waals surface area contributed by atoms with Crippen LogP contribution in [0.1, 0.15) is 121 Å².